The summed E-state index contributed by atoms with van der Waals surface area (Å²) in [5, 5.41) is 47.0. The zero-order valence-corrected chi connectivity index (χ0v) is 32.5. The molecule has 2 aromatic heterocycles. The molecule has 1 fully saturated rings. The van der Waals surface area contributed by atoms with E-state index in [0.29, 0.717) is 36.0 Å². The molecule has 0 bridgehead atoms. The van der Waals surface area contributed by atoms with Crippen molar-refractivity contribution >= 4 is 22.8 Å². The number of hydrogen-bond acceptors (Lipinski definition) is 14. The maximum atomic E-state index is 12.6. The second kappa shape index (κ2) is 15.4. The van der Waals surface area contributed by atoms with E-state index in [0.717, 1.165) is 33.2 Å². The Labute approximate surface area is 342 Å². The lowest BCUT2D eigenvalue weighted by Crippen LogP contribution is -2.74. The molecule has 4 aliphatic rings. The highest BCUT2D eigenvalue weighted by atomic mass is 16.7. The summed E-state index contributed by atoms with van der Waals surface area (Å²) < 4.78 is 45.5. The summed E-state index contributed by atoms with van der Waals surface area (Å²) in [6.07, 6.45) is -3.11. The van der Waals surface area contributed by atoms with E-state index in [1.807, 2.05) is 71.7 Å². The SMILES string of the molecule is COc1ccc2c(c1OC)OC1c3c(Cn4cc5cc[nH]c5c4)cc(OC4OC5(C=CNC(N)C5OC(=O)CC(=O)O)C(O)C(O)C4O)cc3OC(Cc3ccccc3)C21. The number of carbonyl (C=O) groups excluding carboxylic acids is 1. The fourth-order valence-corrected chi connectivity index (χ4v) is 8.89. The number of aromatic amines is 1. The third-order valence-corrected chi connectivity index (χ3v) is 11.6. The molecule has 17 nitrogen and oxygen atoms in total. The van der Waals surface area contributed by atoms with Gasteiger partial charge in [0.15, 0.2) is 23.2 Å². The summed E-state index contributed by atoms with van der Waals surface area (Å²) in [5.41, 5.74) is 8.52. The van der Waals surface area contributed by atoms with Crippen LogP contribution in [0.15, 0.2) is 91.5 Å². The highest BCUT2D eigenvalue weighted by molar-refractivity contribution is 5.90. The van der Waals surface area contributed by atoms with Crippen LogP contribution in [0.3, 0.4) is 0 Å². The number of carbonyl (C=O) groups is 2. The van der Waals surface area contributed by atoms with Gasteiger partial charge in [0.25, 0.3) is 0 Å². The predicted molar refractivity (Wildman–Crippen MR) is 211 cm³/mol. The third kappa shape index (κ3) is 6.73. The molecule has 3 aromatic carbocycles. The van der Waals surface area contributed by atoms with Crippen LogP contribution in [0.25, 0.3) is 10.9 Å². The Morgan fingerprint density at radius 3 is 2.55 bits per heavy atom. The van der Waals surface area contributed by atoms with Crippen molar-refractivity contribution in [3.8, 4) is 28.7 Å². The number of nitrogens with zero attached hydrogens (tertiary/aromatic N) is 1. The van der Waals surface area contributed by atoms with Crippen molar-refractivity contribution in [2.24, 2.45) is 5.73 Å². The number of methoxy groups -OCH3 is 2. The Morgan fingerprint density at radius 2 is 1.80 bits per heavy atom. The van der Waals surface area contributed by atoms with Gasteiger partial charge in [-0.2, -0.15) is 0 Å². The van der Waals surface area contributed by atoms with Crippen molar-refractivity contribution in [2.45, 2.75) is 80.0 Å². The number of carboxylic acids is 1. The first kappa shape index (κ1) is 39.2. The number of aromatic nitrogens is 2. The number of nitrogens with one attached hydrogen (secondary N) is 2. The Kier molecular flexibility index (Phi) is 10.1. The summed E-state index contributed by atoms with van der Waals surface area (Å²) in [4.78, 5) is 27.2. The zero-order valence-electron chi connectivity index (χ0n) is 32.5. The van der Waals surface area contributed by atoms with Gasteiger partial charge < -0.3 is 74.2 Å². The first-order valence-electron chi connectivity index (χ1n) is 19.4. The van der Waals surface area contributed by atoms with Crippen LogP contribution in [-0.2, 0) is 32.0 Å². The minimum atomic E-state index is -2.08. The van der Waals surface area contributed by atoms with E-state index in [2.05, 4.69) is 10.3 Å². The van der Waals surface area contributed by atoms with Gasteiger partial charge in [0.1, 0.15) is 54.6 Å². The van der Waals surface area contributed by atoms with Crippen LogP contribution >= 0.6 is 0 Å². The molecule has 0 aliphatic carbocycles. The van der Waals surface area contributed by atoms with Gasteiger partial charge in [0.2, 0.25) is 12.0 Å². The number of aliphatic carboxylic acids is 1. The van der Waals surface area contributed by atoms with E-state index in [9.17, 15) is 30.0 Å². The predicted octanol–water partition coefficient (Wildman–Crippen LogP) is 2.60. The number of esters is 1. The van der Waals surface area contributed by atoms with Crippen molar-refractivity contribution < 1.29 is 63.2 Å². The van der Waals surface area contributed by atoms with E-state index in [1.54, 1.807) is 26.4 Å². The minimum Gasteiger partial charge on any atom is -0.493 e. The molecule has 0 saturated carbocycles. The van der Waals surface area contributed by atoms with Crippen LogP contribution < -0.4 is 34.7 Å². The van der Waals surface area contributed by atoms with Gasteiger partial charge in [0, 0.05) is 54.1 Å². The maximum absolute atomic E-state index is 12.6. The molecule has 9 rings (SSSR count). The molecule has 8 N–H and O–H groups in total. The average Bonchev–Trinajstić information content (AvgIpc) is 3.94. The zero-order chi connectivity index (χ0) is 41.9. The number of ether oxygens (including phenoxy) is 7. The fourth-order valence-electron chi connectivity index (χ4n) is 8.89. The number of aliphatic hydroxyl groups is 3. The third-order valence-electron chi connectivity index (χ3n) is 11.6. The quantitative estimate of drug-likeness (QED) is 0.0749. The number of hydrogen-bond donors (Lipinski definition) is 7. The summed E-state index contributed by atoms with van der Waals surface area (Å²) in [6.45, 7) is 0.322. The molecule has 60 heavy (non-hydrogen) atoms. The molecule has 5 aromatic rings. The molecule has 314 valence electrons. The van der Waals surface area contributed by atoms with Crippen molar-refractivity contribution in [1.82, 2.24) is 14.9 Å². The first-order chi connectivity index (χ1) is 29.0. The van der Waals surface area contributed by atoms with Gasteiger partial charge in [-0.3, -0.25) is 9.59 Å². The largest absolute Gasteiger partial charge is 0.493 e. The molecule has 0 amide bonds. The van der Waals surface area contributed by atoms with Crippen LogP contribution in [-0.4, -0.2) is 105 Å². The van der Waals surface area contributed by atoms with Crippen LogP contribution in [0.1, 0.15) is 40.7 Å². The van der Waals surface area contributed by atoms with E-state index in [-0.39, 0.29) is 11.7 Å². The van der Waals surface area contributed by atoms with Crippen molar-refractivity contribution in [2.75, 3.05) is 14.2 Å². The number of benzene rings is 3. The van der Waals surface area contributed by atoms with Gasteiger partial charge in [0.05, 0.1) is 25.7 Å². The average molecular weight is 825 g/mol. The highest BCUT2D eigenvalue weighted by Gasteiger charge is 2.61. The molecular weight excluding hydrogens is 780 g/mol. The van der Waals surface area contributed by atoms with Crippen LogP contribution in [0.4, 0.5) is 0 Å². The van der Waals surface area contributed by atoms with Gasteiger partial charge in [-0.15, -0.1) is 0 Å². The Balaban J connectivity index is 1.14. The number of fused-ring (bicyclic) bond motifs is 6. The lowest BCUT2D eigenvalue weighted by atomic mass is 9.79. The van der Waals surface area contributed by atoms with E-state index in [1.165, 1.54) is 12.3 Å². The molecule has 0 radical (unpaired) electrons. The van der Waals surface area contributed by atoms with Crippen LogP contribution in [0, 0.1) is 0 Å². The summed E-state index contributed by atoms with van der Waals surface area (Å²) in [6, 6.07) is 19.2. The normalized spacial score (nSPS) is 28.7. The molecule has 4 aliphatic heterocycles. The molecule has 1 spiro atoms. The molecule has 6 heterocycles. The summed E-state index contributed by atoms with van der Waals surface area (Å²) >= 11 is 0. The van der Waals surface area contributed by atoms with Crippen molar-refractivity contribution in [3.05, 3.63) is 114 Å². The first-order valence-corrected chi connectivity index (χ1v) is 19.4. The molecule has 10 atom stereocenters. The summed E-state index contributed by atoms with van der Waals surface area (Å²) in [5.74, 6) is -0.775. The summed E-state index contributed by atoms with van der Waals surface area (Å²) in [7, 11) is 3.13. The second-order valence-electron chi connectivity index (χ2n) is 15.3. The lowest BCUT2D eigenvalue weighted by Gasteiger charge is -2.52. The van der Waals surface area contributed by atoms with Crippen molar-refractivity contribution in [1.29, 1.82) is 0 Å². The van der Waals surface area contributed by atoms with Crippen LogP contribution in [0.5, 0.6) is 28.7 Å². The van der Waals surface area contributed by atoms with E-state index >= 15 is 0 Å². The smallest absolute Gasteiger partial charge is 0.317 e. The van der Waals surface area contributed by atoms with Crippen molar-refractivity contribution in [3.63, 3.8) is 0 Å². The molecule has 1 saturated heterocycles. The molecule has 10 unspecified atom stereocenters. The topological polar surface area (TPSA) is 238 Å². The monoisotopic (exact) mass is 824 g/mol. The Hall–Kier alpha value is -6.24. The number of aliphatic hydroxyl groups excluding tert-OH is 3. The Morgan fingerprint density at radius 1 is 0.983 bits per heavy atom. The molecular formula is C43H44N4O13. The van der Waals surface area contributed by atoms with Crippen LogP contribution in [0.2, 0.25) is 0 Å². The lowest BCUT2D eigenvalue weighted by molar-refractivity contribution is -0.321. The highest BCUT2D eigenvalue weighted by Crippen LogP contribution is 2.59. The molecule has 17 heteroatoms. The standard InChI is InChI=1S/C43H44N4O13/c1-54-27-9-8-25-33-28(14-21-6-4-3-5-7-21)57-29-16-24(15-23(19-47-18-22-10-12-45-26(22)20-47)32(29)38(33)59-36(25)37(27)55-2)56-42-35(52)34(51)39(53)43(60-42)11-13-46-41(44)40(43)58-31(50)17-30(48)49/h3-13,15-16,18,20,28,33-35,38-42,45-46,51-53H,14,17,19,44H2,1-2H3,(H,48,49). The van der Waals surface area contributed by atoms with Gasteiger partial charge >= 0.3 is 11.9 Å². The minimum absolute atomic E-state index is 0.164. The second-order valence-corrected chi connectivity index (χ2v) is 15.3. The number of rotatable bonds is 11. The van der Waals surface area contributed by atoms with E-state index < -0.39 is 73.0 Å². The van der Waals surface area contributed by atoms with Gasteiger partial charge in [-0.25, -0.2) is 0 Å². The number of nitrogens with two attached hydrogens (primary N) is 1. The number of carboxylic acid groups (broad SMARTS) is 1. The Bertz CT molecular complexity index is 2420. The van der Waals surface area contributed by atoms with Gasteiger partial charge in [-0.1, -0.05) is 36.4 Å². The fraction of sp³-hybridized carbons (Fsp3) is 0.349. The maximum Gasteiger partial charge on any atom is 0.317 e. The van der Waals surface area contributed by atoms with Gasteiger partial charge in [-0.05, 0) is 41.6 Å². The number of H-pyrrole nitrogens is 1. The van der Waals surface area contributed by atoms with E-state index in [4.69, 9.17) is 38.9 Å².